The molecule has 0 radical (unpaired) electrons. The number of hydrogen-bond donors (Lipinski definition) is 1. The van der Waals surface area contributed by atoms with Crippen LogP contribution in [0.2, 0.25) is 0 Å². The lowest BCUT2D eigenvalue weighted by Gasteiger charge is -2.32. The van der Waals surface area contributed by atoms with Gasteiger partial charge in [-0.1, -0.05) is 0 Å². The molecule has 1 fully saturated rings. The van der Waals surface area contributed by atoms with Crippen molar-refractivity contribution >= 4 is 11.5 Å². The second-order valence-electron chi connectivity index (χ2n) is 7.77. The number of methoxy groups -OCH3 is 3. The molecule has 0 amide bonds. The van der Waals surface area contributed by atoms with Crippen LogP contribution in [0.15, 0.2) is 24.3 Å². The summed E-state index contributed by atoms with van der Waals surface area (Å²) >= 11 is 0. The molecule has 0 bridgehead atoms. The summed E-state index contributed by atoms with van der Waals surface area (Å²) in [5, 5.41) is 4.40. The Bertz CT molecular complexity index is 1020. The van der Waals surface area contributed by atoms with Gasteiger partial charge in [-0.25, -0.2) is 4.98 Å². The lowest BCUT2D eigenvalue weighted by molar-refractivity contribution is 0.198. The van der Waals surface area contributed by atoms with E-state index in [-0.39, 0.29) is 0 Å². The Morgan fingerprint density at radius 3 is 2.47 bits per heavy atom. The monoisotopic (exact) mass is 411 g/mol. The number of nitrogen functional groups attached to an aromatic ring is 1. The Kier molecular flexibility index (Phi) is 5.67. The minimum atomic E-state index is 0.336. The van der Waals surface area contributed by atoms with Crippen LogP contribution >= 0.6 is 0 Å². The van der Waals surface area contributed by atoms with E-state index < -0.39 is 0 Å². The van der Waals surface area contributed by atoms with Crippen molar-refractivity contribution in [2.45, 2.75) is 32.2 Å². The molecule has 8 nitrogen and oxygen atoms in total. The van der Waals surface area contributed by atoms with Crippen LogP contribution in [0, 0.1) is 6.92 Å². The number of aromatic nitrogens is 3. The van der Waals surface area contributed by atoms with Gasteiger partial charge in [-0.2, -0.15) is 9.61 Å². The number of benzene rings is 1. The molecule has 1 aliphatic rings. The Morgan fingerprint density at radius 2 is 1.80 bits per heavy atom. The second-order valence-corrected chi connectivity index (χ2v) is 7.77. The highest BCUT2D eigenvalue weighted by Crippen LogP contribution is 2.39. The summed E-state index contributed by atoms with van der Waals surface area (Å²) in [4.78, 5) is 7.28. The van der Waals surface area contributed by atoms with Gasteiger partial charge in [0.25, 0.3) is 0 Å². The molecular formula is C22H29N5O3. The summed E-state index contributed by atoms with van der Waals surface area (Å²) in [5.41, 5.74) is 10.1. The van der Waals surface area contributed by atoms with Gasteiger partial charge in [-0.15, -0.1) is 0 Å². The number of likely N-dealkylation sites (tertiary alicyclic amines) is 1. The first-order valence-corrected chi connectivity index (χ1v) is 10.2. The van der Waals surface area contributed by atoms with Crippen molar-refractivity contribution in [2.24, 2.45) is 0 Å². The minimum absolute atomic E-state index is 0.336. The molecule has 8 heteroatoms. The maximum absolute atomic E-state index is 6.23. The predicted molar refractivity (Wildman–Crippen MR) is 115 cm³/mol. The number of ether oxygens (including phenoxy) is 3. The molecule has 3 heterocycles. The zero-order valence-electron chi connectivity index (χ0n) is 18.0. The van der Waals surface area contributed by atoms with Gasteiger partial charge in [0.1, 0.15) is 5.82 Å². The van der Waals surface area contributed by atoms with E-state index in [1.54, 1.807) is 25.8 Å². The maximum atomic E-state index is 6.23. The van der Waals surface area contributed by atoms with Crippen LogP contribution < -0.4 is 19.9 Å². The molecule has 2 aromatic heterocycles. The SMILES string of the molecule is COc1cc(CN2CCCC(c3cc(N)n4nc(C)cc4n3)C2)cc(OC)c1OC. The molecule has 1 saturated heterocycles. The van der Waals surface area contributed by atoms with E-state index in [1.807, 2.05) is 31.2 Å². The van der Waals surface area contributed by atoms with Gasteiger partial charge >= 0.3 is 0 Å². The largest absolute Gasteiger partial charge is 0.493 e. The number of piperidine rings is 1. The van der Waals surface area contributed by atoms with Gasteiger partial charge in [0, 0.05) is 31.1 Å². The molecule has 4 rings (SSSR count). The molecule has 160 valence electrons. The fraction of sp³-hybridized carbons (Fsp3) is 0.455. The molecule has 3 aromatic rings. The van der Waals surface area contributed by atoms with Gasteiger partial charge in [0.2, 0.25) is 5.75 Å². The highest BCUT2D eigenvalue weighted by atomic mass is 16.5. The summed E-state index contributed by atoms with van der Waals surface area (Å²) in [6.07, 6.45) is 2.21. The van der Waals surface area contributed by atoms with E-state index in [0.717, 1.165) is 55.1 Å². The number of rotatable bonds is 6. The summed E-state index contributed by atoms with van der Waals surface area (Å²) < 4.78 is 18.1. The number of nitrogens with two attached hydrogens (primary N) is 1. The first kappa shape index (κ1) is 20.3. The average Bonchev–Trinajstić information content (AvgIpc) is 3.14. The summed E-state index contributed by atoms with van der Waals surface area (Å²) in [6, 6.07) is 7.97. The van der Waals surface area contributed by atoms with Crippen LogP contribution in [0.3, 0.4) is 0 Å². The van der Waals surface area contributed by atoms with Crippen LogP contribution in [-0.4, -0.2) is 53.9 Å². The zero-order valence-corrected chi connectivity index (χ0v) is 18.0. The summed E-state index contributed by atoms with van der Waals surface area (Å²) in [7, 11) is 4.90. The van der Waals surface area contributed by atoms with E-state index >= 15 is 0 Å². The van der Waals surface area contributed by atoms with Crippen molar-refractivity contribution < 1.29 is 14.2 Å². The van der Waals surface area contributed by atoms with Crippen LogP contribution in [-0.2, 0) is 6.54 Å². The topological polar surface area (TPSA) is 87.1 Å². The quantitative estimate of drug-likeness (QED) is 0.667. The van der Waals surface area contributed by atoms with Crippen LogP contribution in [0.5, 0.6) is 17.2 Å². The van der Waals surface area contributed by atoms with E-state index in [2.05, 4.69) is 10.00 Å². The normalized spacial score (nSPS) is 17.3. The highest BCUT2D eigenvalue weighted by Gasteiger charge is 2.24. The molecule has 2 N–H and O–H groups in total. The van der Waals surface area contributed by atoms with Crippen molar-refractivity contribution in [3.05, 3.63) is 41.2 Å². The van der Waals surface area contributed by atoms with Crippen molar-refractivity contribution in [1.82, 2.24) is 19.5 Å². The second kappa shape index (κ2) is 8.39. The van der Waals surface area contributed by atoms with Gasteiger partial charge in [-0.3, -0.25) is 4.90 Å². The fourth-order valence-electron chi connectivity index (χ4n) is 4.27. The lowest BCUT2D eigenvalue weighted by Crippen LogP contribution is -2.34. The smallest absolute Gasteiger partial charge is 0.203 e. The highest BCUT2D eigenvalue weighted by molar-refractivity contribution is 5.54. The number of aryl methyl sites for hydroxylation is 1. The van der Waals surface area contributed by atoms with Crippen LogP contribution in [0.1, 0.15) is 35.7 Å². The van der Waals surface area contributed by atoms with E-state index in [1.165, 1.54) is 0 Å². The molecule has 0 aliphatic carbocycles. The lowest BCUT2D eigenvalue weighted by atomic mass is 9.94. The van der Waals surface area contributed by atoms with Crippen molar-refractivity contribution in [2.75, 3.05) is 40.2 Å². The first-order valence-electron chi connectivity index (χ1n) is 10.2. The zero-order chi connectivity index (χ0) is 21.3. The van der Waals surface area contributed by atoms with Crippen LogP contribution in [0.4, 0.5) is 5.82 Å². The molecular weight excluding hydrogens is 382 g/mol. The summed E-state index contributed by atoms with van der Waals surface area (Å²) in [5.74, 6) is 2.94. The number of hydrogen-bond acceptors (Lipinski definition) is 7. The molecule has 1 aromatic carbocycles. The first-order chi connectivity index (χ1) is 14.5. The number of nitrogens with zero attached hydrogens (tertiary/aromatic N) is 4. The predicted octanol–water partition coefficient (Wildman–Crippen LogP) is 3.03. The standard InChI is InChI=1S/C22H29N5O3/c1-14-8-21-24-17(11-20(23)27(21)25-14)16-6-5-7-26(13-16)12-15-9-18(28-2)22(30-4)19(10-15)29-3/h8-11,16H,5-7,12-13,23H2,1-4H3. The van der Waals surface area contributed by atoms with Crippen molar-refractivity contribution in [1.29, 1.82) is 0 Å². The minimum Gasteiger partial charge on any atom is -0.493 e. The molecule has 1 atom stereocenters. The van der Waals surface area contributed by atoms with Crippen molar-refractivity contribution in [3.8, 4) is 17.2 Å². The van der Waals surface area contributed by atoms with Crippen LogP contribution in [0.25, 0.3) is 5.65 Å². The molecule has 1 unspecified atom stereocenters. The number of fused-ring (bicyclic) bond motifs is 1. The van der Waals surface area contributed by atoms with Gasteiger partial charge in [0.05, 0.1) is 32.7 Å². The molecule has 0 saturated carbocycles. The molecule has 1 aliphatic heterocycles. The van der Waals surface area contributed by atoms with E-state index in [0.29, 0.717) is 29.0 Å². The van der Waals surface area contributed by atoms with Gasteiger partial charge < -0.3 is 19.9 Å². The third-order valence-corrected chi connectivity index (χ3v) is 5.65. The average molecular weight is 412 g/mol. The molecule has 30 heavy (non-hydrogen) atoms. The number of anilines is 1. The molecule has 0 spiro atoms. The Hall–Kier alpha value is -3.00. The third kappa shape index (κ3) is 3.87. The summed E-state index contributed by atoms with van der Waals surface area (Å²) in [6.45, 7) is 4.72. The third-order valence-electron chi connectivity index (χ3n) is 5.65. The Labute approximate surface area is 176 Å². The van der Waals surface area contributed by atoms with E-state index in [4.69, 9.17) is 24.9 Å². The Morgan fingerprint density at radius 1 is 1.07 bits per heavy atom. The Balaban J connectivity index is 1.55. The fourth-order valence-corrected chi connectivity index (χ4v) is 4.27. The van der Waals surface area contributed by atoms with Crippen molar-refractivity contribution in [3.63, 3.8) is 0 Å². The van der Waals surface area contributed by atoms with E-state index in [9.17, 15) is 0 Å². The van der Waals surface area contributed by atoms with Gasteiger partial charge in [0.15, 0.2) is 17.1 Å². The van der Waals surface area contributed by atoms with Gasteiger partial charge in [-0.05, 0) is 44.0 Å². The maximum Gasteiger partial charge on any atom is 0.203 e.